The van der Waals surface area contributed by atoms with Gasteiger partial charge in [-0.15, -0.1) is 0 Å². The average Bonchev–Trinajstić information content (AvgIpc) is 2.41. The first kappa shape index (κ1) is 14.2. The number of pyridine rings is 1. The van der Waals surface area contributed by atoms with Crippen LogP contribution in [0.3, 0.4) is 0 Å². The maximum absolute atomic E-state index is 11.4. The molecule has 5 N–H and O–H groups in total. The van der Waals surface area contributed by atoms with Crippen LogP contribution >= 0.6 is 0 Å². The van der Waals surface area contributed by atoms with Crippen LogP contribution in [-0.2, 0) is 0 Å². The van der Waals surface area contributed by atoms with E-state index in [1.54, 1.807) is 0 Å². The van der Waals surface area contributed by atoms with E-state index in [4.69, 9.17) is 11.5 Å². The molecule has 0 saturated heterocycles. The Labute approximate surface area is 115 Å². The molecular weight excluding hydrogens is 262 g/mol. The van der Waals surface area contributed by atoms with E-state index >= 15 is 0 Å². The summed E-state index contributed by atoms with van der Waals surface area (Å²) in [6, 6.07) is 1.10. The van der Waals surface area contributed by atoms with E-state index in [2.05, 4.69) is 10.3 Å². The third-order valence-corrected chi connectivity index (χ3v) is 3.49. The van der Waals surface area contributed by atoms with E-state index in [9.17, 15) is 14.9 Å². The van der Waals surface area contributed by atoms with E-state index in [0.29, 0.717) is 0 Å². The van der Waals surface area contributed by atoms with Gasteiger partial charge < -0.3 is 16.8 Å². The summed E-state index contributed by atoms with van der Waals surface area (Å²) < 4.78 is 0. The van der Waals surface area contributed by atoms with Gasteiger partial charge in [0.2, 0.25) is 0 Å². The lowest BCUT2D eigenvalue weighted by atomic mass is 9.91. The molecule has 2 rings (SSSR count). The summed E-state index contributed by atoms with van der Waals surface area (Å²) in [6.45, 7) is 0. The van der Waals surface area contributed by atoms with Gasteiger partial charge in [-0.2, -0.15) is 0 Å². The van der Waals surface area contributed by atoms with Crippen LogP contribution in [0.1, 0.15) is 36.0 Å². The van der Waals surface area contributed by atoms with Crippen molar-refractivity contribution in [2.75, 3.05) is 5.32 Å². The number of hydrogen-bond acceptors (Lipinski definition) is 6. The molecule has 2 atom stereocenters. The molecule has 108 valence electrons. The van der Waals surface area contributed by atoms with Gasteiger partial charge in [0.25, 0.3) is 11.6 Å². The lowest BCUT2D eigenvalue weighted by molar-refractivity contribution is -0.385. The molecular formula is C12H17N5O3. The lowest BCUT2D eigenvalue weighted by Gasteiger charge is -2.30. The standard InChI is InChI=1S/C12H17N5O3/c13-9-3-1-2-4-10(9)16-12-8(11(14)18)5-7(6-15-12)17(19)20/h5-6,9-10H,1-4,13H2,(H2,14,18)(H,15,16). The molecule has 8 heteroatoms. The van der Waals surface area contributed by atoms with Crippen molar-refractivity contribution in [2.24, 2.45) is 11.5 Å². The van der Waals surface area contributed by atoms with Crippen LogP contribution in [0.15, 0.2) is 12.3 Å². The summed E-state index contributed by atoms with van der Waals surface area (Å²) in [6.07, 6.45) is 5.00. The van der Waals surface area contributed by atoms with Gasteiger partial charge in [0.15, 0.2) is 0 Å². The zero-order valence-corrected chi connectivity index (χ0v) is 10.9. The van der Waals surface area contributed by atoms with Crippen molar-refractivity contribution in [3.8, 4) is 0 Å². The van der Waals surface area contributed by atoms with Gasteiger partial charge in [-0.05, 0) is 12.8 Å². The molecule has 0 spiro atoms. The first-order chi connectivity index (χ1) is 9.49. The Morgan fingerprint density at radius 2 is 2.15 bits per heavy atom. The van der Waals surface area contributed by atoms with Gasteiger partial charge in [0.05, 0.1) is 10.5 Å². The largest absolute Gasteiger partial charge is 0.365 e. The molecule has 1 heterocycles. The van der Waals surface area contributed by atoms with E-state index in [1.807, 2.05) is 0 Å². The highest BCUT2D eigenvalue weighted by molar-refractivity contribution is 5.98. The number of nitrogens with two attached hydrogens (primary N) is 2. The Bertz CT molecular complexity index is 534. The minimum atomic E-state index is -0.756. The highest BCUT2D eigenvalue weighted by atomic mass is 16.6. The number of hydrogen-bond donors (Lipinski definition) is 3. The zero-order chi connectivity index (χ0) is 14.7. The molecule has 0 bridgehead atoms. The molecule has 1 aliphatic rings. The van der Waals surface area contributed by atoms with Gasteiger partial charge in [-0.25, -0.2) is 4.98 Å². The maximum Gasteiger partial charge on any atom is 0.288 e. The van der Waals surface area contributed by atoms with Gasteiger partial charge in [0, 0.05) is 18.2 Å². The quantitative estimate of drug-likeness (QED) is 0.549. The molecule has 1 aromatic rings. The van der Waals surface area contributed by atoms with Crippen LogP contribution in [0.5, 0.6) is 0 Å². The number of primary amides is 1. The van der Waals surface area contributed by atoms with Gasteiger partial charge in [-0.1, -0.05) is 12.8 Å². The average molecular weight is 279 g/mol. The van der Waals surface area contributed by atoms with Crippen LogP contribution in [0.4, 0.5) is 11.5 Å². The third-order valence-electron chi connectivity index (χ3n) is 3.49. The van der Waals surface area contributed by atoms with Crippen LogP contribution < -0.4 is 16.8 Å². The van der Waals surface area contributed by atoms with Crippen molar-refractivity contribution in [1.29, 1.82) is 0 Å². The second-order valence-electron chi connectivity index (χ2n) is 4.91. The molecule has 1 saturated carbocycles. The smallest absolute Gasteiger partial charge is 0.288 e. The lowest BCUT2D eigenvalue weighted by Crippen LogP contribution is -2.43. The van der Waals surface area contributed by atoms with Crippen LogP contribution in [-0.4, -0.2) is 27.9 Å². The van der Waals surface area contributed by atoms with Gasteiger partial charge >= 0.3 is 0 Å². The minimum absolute atomic E-state index is 0.00388. The summed E-state index contributed by atoms with van der Waals surface area (Å²) in [4.78, 5) is 25.4. The number of carbonyl (C=O) groups excluding carboxylic acids is 1. The van der Waals surface area contributed by atoms with Crippen molar-refractivity contribution < 1.29 is 9.72 Å². The van der Waals surface area contributed by atoms with Gasteiger partial charge in [0.1, 0.15) is 12.0 Å². The summed E-state index contributed by atoms with van der Waals surface area (Å²) in [7, 11) is 0. The number of rotatable bonds is 4. The van der Waals surface area contributed by atoms with E-state index in [0.717, 1.165) is 37.9 Å². The van der Waals surface area contributed by atoms with Crippen molar-refractivity contribution in [3.05, 3.63) is 27.9 Å². The molecule has 1 amide bonds. The fourth-order valence-corrected chi connectivity index (χ4v) is 2.37. The number of nitrogens with zero attached hydrogens (tertiary/aromatic N) is 2. The molecule has 2 unspecified atom stereocenters. The first-order valence-electron chi connectivity index (χ1n) is 6.45. The number of nitrogens with one attached hydrogen (secondary N) is 1. The van der Waals surface area contributed by atoms with E-state index in [-0.39, 0.29) is 29.2 Å². The molecule has 0 aromatic carbocycles. The normalized spacial score (nSPS) is 22.2. The van der Waals surface area contributed by atoms with E-state index in [1.165, 1.54) is 0 Å². The predicted molar refractivity (Wildman–Crippen MR) is 73.3 cm³/mol. The summed E-state index contributed by atoms with van der Waals surface area (Å²) in [5, 5.41) is 13.8. The van der Waals surface area contributed by atoms with Crippen molar-refractivity contribution in [2.45, 2.75) is 37.8 Å². The summed E-state index contributed by atoms with van der Waals surface area (Å²) >= 11 is 0. The Morgan fingerprint density at radius 3 is 2.75 bits per heavy atom. The molecule has 20 heavy (non-hydrogen) atoms. The number of anilines is 1. The molecule has 1 fully saturated rings. The van der Waals surface area contributed by atoms with Crippen molar-refractivity contribution >= 4 is 17.4 Å². The minimum Gasteiger partial charge on any atom is -0.365 e. The second kappa shape index (κ2) is 5.83. The fourth-order valence-electron chi connectivity index (χ4n) is 2.37. The van der Waals surface area contributed by atoms with Crippen molar-refractivity contribution in [3.63, 3.8) is 0 Å². The first-order valence-corrected chi connectivity index (χ1v) is 6.45. The Hall–Kier alpha value is -2.22. The Kier molecular flexibility index (Phi) is 4.14. The topological polar surface area (TPSA) is 137 Å². The van der Waals surface area contributed by atoms with Gasteiger partial charge in [-0.3, -0.25) is 14.9 Å². The SMILES string of the molecule is NC(=O)c1cc([N+](=O)[O-])cnc1NC1CCCCC1N. The van der Waals surface area contributed by atoms with Crippen LogP contribution in [0.25, 0.3) is 0 Å². The monoisotopic (exact) mass is 279 g/mol. The highest BCUT2D eigenvalue weighted by Gasteiger charge is 2.24. The van der Waals surface area contributed by atoms with Crippen LogP contribution in [0, 0.1) is 10.1 Å². The molecule has 0 aliphatic heterocycles. The number of nitro groups is 1. The maximum atomic E-state index is 11.4. The zero-order valence-electron chi connectivity index (χ0n) is 10.9. The highest BCUT2D eigenvalue weighted by Crippen LogP contribution is 2.24. The number of aromatic nitrogens is 1. The van der Waals surface area contributed by atoms with E-state index < -0.39 is 10.8 Å². The Balaban J connectivity index is 2.26. The fraction of sp³-hybridized carbons (Fsp3) is 0.500. The van der Waals surface area contributed by atoms with Crippen LogP contribution in [0.2, 0.25) is 0 Å². The summed E-state index contributed by atoms with van der Waals surface area (Å²) in [5.74, 6) is -0.501. The third kappa shape index (κ3) is 3.02. The number of amides is 1. The molecule has 8 nitrogen and oxygen atoms in total. The predicted octanol–water partition coefficient (Wildman–Crippen LogP) is 0.770. The second-order valence-corrected chi connectivity index (χ2v) is 4.91. The van der Waals surface area contributed by atoms with Crippen molar-refractivity contribution in [1.82, 2.24) is 4.98 Å². The molecule has 1 aliphatic carbocycles. The summed E-state index contributed by atoms with van der Waals surface area (Å²) in [5.41, 5.74) is 11.0. The molecule has 0 radical (unpaired) electrons. The molecule has 1 aromatic heterocycles. The number of carbonyl (C=O) groups is 1. The Morgan fingerprint density at radius 1 is 1.45 bits per heavy atom.